The number of hydrogen-bond donors (Lipinski definition) is 0. The van der Waals surface area contributed by atoms with Crippen molar-refractivity contribution >= 4 is 0 Å². The van der Waals surface area contributed by atoms with Gasteiger partial charge in [0.2, 0.25) is 0 Å². The van der Waals surface area contributed by atoms with Gasteiger partial charge in [0.25, 0.3) is 0 Å². The first-order chi connectivity index (χ1) is 8.29. The maximum Gasteiger partial charge on any atom is 0.0594 e. The van der Waals surface area contributed by atoms with E-state index in [1.54, 1.807) is 0 Å². The summed E-state index contributed by atoms with van der Waals surface area (Å²) in [5.74, 6) is 0.924. The highest BCUT2D eigenvalue weighted by atomic mass is 16.5. The van der Waals surface area contributed by atoms with Crippen LogP contribution in [0.3, 0.4) is 0 Å². The average molecular weight is 240 g/mol. The van der Waals surface area contributed by atoms with E-state index in [0.29, 0.717) is 0 Å². The smallest absolute Gasteiger partial charge is 0.0594 e. The van der Waals surface area contributed by atoms with Crippen molar-refractivity contribution in [2.45, 2.75) is 39.2 Å². The quantitative estimate of drug-likeness (QED) is 0.745. The molecule has 2 aliphatic rings. The molecule has 3 nitrogen and oxygen atoms in total. The second kappa shape index (κ2) is 6.72. The number of ether oxygens (including phenoxy) is 1. The van der Waals surface area contributed by atoms with Gasteiger partial charge >= 0.3 is 0 Å². The molecule has 0 N–H and O–H groups in total. The van der Waals surface area contributed by atoms with Crippen LogP contribution in [0, 0.1) is 5.92 Å². The molecule has 17 heavy (non-hydrogen) atoms. The molecule has 0 radical (unpaired) electrons. The molecule has 0 aromatic carbocycles. The van der Waals surface area contributed by atoms with Crippen LogP contribution in [0.4, 0.5) is 0 Å². The minimum atomic E-state index is 0.777. The zero-order chi connectivity index (χ0) is 12.1. The van der Waals surface area contributed by atoms with Gasteiger partial charge in [0.15, 0.2) is 0 Å². The zero-order valence-electron chi connectivity index (χ0n) is 11.5. The van der Waals surface area contributed by atoms with E-state index >= 15 is 0 Å². The van der Waals surface area contributed by atoms with Crippen LogP contribution in [0.25, 0.3) is 0 Å². The molecule has 0 amide bonds. The van der Waals surface area contributed by atoms with Gasteiger partial charge in [0.1, 0.15) is 0 Å². The molecule has 0 aromatic heterocycles. The third-order valence-corrected chi connectivity index (χ3v) is 4.48. The molecule has 2 saturated heterocycles. The molecule has 1 atom stereocenters. The minimum absolute atomic E-state index is 0.777. The Morgan fingerprint density at radius 2 is 1.76 bits per heavy atom. The number of nitrogens with zero attached hydrogens (tertiary/aromatic N) is 2. The third kappa shape index (κ3) is 3.94. The maximum absolute atomic E-state index is 5.40. The van der Waals surface area contributed by atoms with Crippen LogP contribution in [-0.4, -0.2) is 61.8 Å². The molecule has 1 unspecified atom stereocenters. The second-order valence-corrected chi connectivity index (χ2v) is 5.65. The first kappa shape index (κ1) is 13.3. The molecular formula is C14H28N2O. The summed E-state index contributed by atoms with van der Waals surface area (Å²) >= 11 is 0. The van der Waals surface area contributed by atoms with E-state index in [0.717, 1.165) is 38.3 Å². The SMILES string of the molecule is CCC(C)N1CCC(CN2CCOCC2)CC1. The molecule has 0 bridgehead atoms. The minimum Gasteiger partial charge on any atom is -0.379 e. The van der Waals surface area contributed by atoms with Crippen LogP contribution in [0.15, 0.2) is 0 Å². The van der Waals surface area contributed by atoms with Gasteiger partial charge in [-0.05, 0) is 45.2 Å². The predicted octanol–water partition coefficient (Wildman–Crippen LogP) is 1.83. The van der Waals surface area contributed by atoms with Gasteiger partial charge in [-0.3, -0.25) is 4.90 Å². The zero-order valence-corrected chi connectivity index (χ0v) is 11.5. The van der Waals surface area contributed by atoms with E-state index in [2.05, 4.69) is 23.6 Å². The van der Waals surface area contributed by atoms with Crippen molar-refractivity contribution < 1.29 is 4.74 Å². The van der Waals surface area contributed by atoms with E-state index in [1.165, 1.54) is 38.9 Å². The van der Waals surface area contributed by atoms with E-state index in [4.69, 9.17) is 4.74 Å². The molecule has 3 heteroatoms. The highest BCUT2D eigenvalue weighted by Gasteiger charge is 2.24. The van der Waals surface area contributed by atoms with Gasteiger partial charge in [0, 0.05) is 25.7 Å². The van der Waals surface area contributed by atoms with Crippen molar-refractivity contribution in [3.63, 3.8) is 0 Å². The largest absolute Gasteiger partial charge is 0.379 e. The first-order valence-electron chi connectivity index (χ1n) is 7.33. The lowest BCUT2D eigenvalue weighted by Crippen LogP contribution is -2.44. The molecule has 2 heterocycles. The summed E-state index contributed by atoms with van der Waals surface area (Å²) in [4.78, 5) is 5.25. The Morgan fingerprint density at radius 3 is 2.35 bits per heavy atom. The van der Waals surface area contributed by atoms with Gasteiger partial charge in [-0.1, -0.05) is 6.92 Å². The lowest BCUT2D eigenvalue weighted by molar-refractivity contribution is 0.0226. The Hall–Kier alpha value is -0.120. The van der Waals surface area contributed by atoms with Crippen molar-refractivity contribution in [2.24, 2.45) is 5.92 Å². The van der Waals surface area contributed by atoms with Gasteiger partial charge in [-0.2, -0.15) is 0 Å². The summed E-state index contributed by atoms with van der Waals surface area (Å²) in [5, 5.41) is 0. The molecule has 0 spiro atoms. The highest BCUT2D eigenvalue weighted by Crippen LogP contribution is 2.21. The second-order valence-electron chi connectivity index (χ2n) is 5.65. The van der Waals surface area contributed by atoms with Crippen molar-refractivity contribution in [1.29, 1.82) is 0 Å². The molecule has 2 rings (SSSR count). The Labute approximate surface area is 106 Å². The van der Waals surface area contributed by atoms with Crippen LogP contribution in [0.5, 0.6) is 0 Å². The fourth-order valence-electron chi connectivity index (χ4n) is 2.98. The van der Waals surface area contributed by atoms with Gasteiger partial charge in [-0.25, -0.2) is 0 Å². The summed E-state index contributed by atoms with van der Waals surface area (Å²) in [5.41, 5.74) is 0. The number of hydrogen-bond acceptors (Lipinski definition) is 3. The van der Waals surface area contributed by atoms with Gasteiger partial charge in [-0.15, -0.1) is 0 Å². The summed E-state index contributed by atoms with van der Waals surface area (Å²) in [6.07, 6.45) is 4.07. The fraction of sp³-hybridized carbons (Fsp3) is 1.00. The van der Waals surface area contributed by atoms with Crippen LogP contribution in [0.1, 0.15) is 33.1 Å². The highest BCUT2D eigenvalue weighted by molar-refractivity contribution is 4.78. The van der Waals surface area contributed by atoms with E-state index in [1.807, 2.05) is 0 Å². The summed E-state index contributed by atoms with van der Waals surface area (Å²) in [7, 11) is 0. The fourth-order valence-corrected chi connectivity index (χ4v) is 2.98. The van der Waals surface area contributed by atoms with Crippen LogP contribution < -0.4 is 0 Å². The van der Waals surface area contributed by atoms with E-state index < -0.39 is 0 Å². The Balaban J connectivity index is 1.67. The van der Waals surface area contributed by atoms with E-state index in [-0.39, 0.29) is 0 Å². The summed E-state index contributed by atoms with van der Waals surface area (Å²) in [6.45, 7) is 12.7. The molecule has 2 fully saturated rings. The van der Waals surface area contributed by atoms with Crippen LogP contribution in [-0.2, 0) is 4.74 Å². The topological polar surface area (TPSA) is 15.7 Å². The molecule has 0 saturated carbocycles. The lowest BCUT2D eigenvalue weighted by atomic mass is 9.95. The van der Waals surface area contributed by atoms with Gasteiger partial charge in [0.05, 0.1) is 13.2 Å². The molecule has 100 valence electrons. The standard InChI is InChI=1S/C14H28N2O/c1-3-13(2)16-6-4-14(5-7-16)12-15-8-10-17-11-9-15/h13-14H,3-12H2,1-2H3. The van der Waals surface area contributed by atoms with Crippen molar-refractivity contribution in [2.75, 3.05) is 45.9 Å². The van der Waals surface area contributed by atoms with Crippen LogP contribution in [0.2, 0.25) is 0 Å². The van der Waals surface area contributed by atoms with Crippen molar-refractivity contribution in [3.05, 3.63) is 0 Å². The normalized spacial score (nSPS) is 27.2. The maximum atomic E-state index is 5.40. The number of likely N-dealkylation sites (tertiary alicyclic amines) is 1. The molecule has 2 aliphatic heterocycles. The number of piperidine rings is 1. The Morgan fingerprint density at radius 1 is 1.12 bits per heavy atom. The average Bonchev–Trinajstić information content (AvgIpc) is 2.40. The van der Waals surface area contributed by atoms with Crippen molar-refractivity contribution in [1.82, 2.24) is 9.80 Å². The molecule has 0 aliphatic carbocycles. The lowest BCUT2D eigenvalue weighted by Gasteiger charge is -2.38. The number of rotatable bonds is 4. The van der Waals surface area contributed by atoms with Crippen LogP contribution >= 0.6 is 0 Å². The summed E-state index contributed by atoms with van der Waals surface area (Å²) < 4.78 is 5.40. The van der Waals surface area contributed by atoms with Gasteiger partial charge < -0.3 is 9.64 Å². The Bertz CT molecular complexity index is 208. The third-order valence-electron chi connectivity index (χ3n) is 4.48. The molecular weight excluding hydrogens is 212 g/mol. The van der Waals surface area contributed by atoms with Crippen molar-refractivity contribution in [3.8, 4) is 0 Å². The predicted molar refractivity (Wildman–Crippen MR) is 71.3 cm³/mol. The van der Waals surface area contributed by atoms with E-state index in [9.17, 15) is 0 Å². The number of morpholine rings is 1. The summed E-state index contributed by atoms with van der Waals surface area (Å²) in [6, 6.07) is 0.777. The Kier molecular flexibility index (Phi) is 5.26. The monoisotopic (exact) mass is 240 g/mol. The molecule has 0 aromatic rings. The first-order valence-corrected chi connectivity index (χ1v) is 7.33.